The highest BCUT2D eigenvalue weighted by Gasteiger charge is 2.21. The molecule has 0 radical (unpaired) electrons. The van der Waals surface area contributed by atoms with Crippen molar-refractivity contribution in [2.45, 2.75) is 6.92 Å². The van der Waals surface area contributed by atoms with Gasteiger partial charge in [-0.25, -0.2) is 17.9 Å². The Kier molecular flexibility index (Phi) is 5.18. The van der Waals surface area contributed by atoms with Crippen molar-refractivity contribution in [1.29, 1.82) is 0 Å². The van der Waals surface area contributed by atoms with Crippen molar-refractivity contribution in [2.75, 3.05) is 28.2 Å². The third-order valence-corrected chi connectivity index (χ3v) is 6.73. The van der Waals surface area contributed by atoms with Crippen molar-refractivity contribution in [3.8, 4) is 0 Å². The zero-order valence-corrected chi connectivity index (χ0v) is 16.2. The summed E-state index contributed by atoms with van der Waals surface area (Å²) in [6.07, 6.45) is 6.75. The van der Waals surface area contributed by atoms with Crippen LogP contribution in [-0.2, 0) is 20.4 Å². The van der Waals surface area contributed by atoms with Crippen LogP contribution >= 0.6 is 0 Å². The van der Waals surface area contributed by atoms with Gasteiger partial charge in [0.2, 0.25) is 0 Å². The lowest BCUT2D eigenvalue weighted by Crippen LogP contribution is -2.27. The van der Waals surface area contributed by atoms with Gasteiger partial charge in [-0.05, 0) is 6.92 Å². The molecular formula is C13H20N6O4S2. The van der Waals surface area contributed by atoms with Crippen molar-refractivity contribution >= 4 is 26.0 Å². The molecule has 0 bridgehead atoms. The molecule has 25 heavy (non-hydrogen) atoms. The summed E-state index contributed by atoms with van der Waals surface area (Å²) in [4.78, 5) is 8.20. The van der Waals surface area contributed by atoms with Gasteiger partial charge in [-0.3, -0.25) is 0 Å². The van der Waals surface area contributed by atoms with E-state index in [1.54, 1.807) is 13.0 Å². The average molecular weight is 388 g/mol. The van der Waals surface area contributed by atoms with Crippen LogP contribution in [0.4, 0.5) is 0 Å². The summed E-state index contributed by atoms with van der Waals surface area (Å²) in [7, 11) is -1.69. The highest BCUT2D eigenvalue weighted by Crippen LogP contribution is 2.21. The Labute approximate surface area is 147 Å². The SMILES string of the molecule is CC=C(c1cn(S(=O)(=O)N(C)C)cn1)c1cn(S(=O)(=O)N(C)C)cn1. The van der Waals surface area contributed by atoms with Crippen LogP contribution in [0.5, 0.6) is 0 Å². The Hall–Kier alpha value is -2.02. The van der Waals surface area contributed by atoms with Gasteiger partial charge in [0.25, 0.3) is 0 Å². The first-order chi connectivity index (χ1) is 11.5. The van der Waals surface area contributed by atoms with E-state index in [4.69, 9.17) is 0 Å². The molecule has 138 valence electrons. The molecule has 2 aromatic heterocycles. The zero-order valence-electron chi connectivity index (χ0n) is 14.5. The number of rotatable bonds is 6. The van der Waals surface area contributed by atoms with E-state index in [1.807, 2.05) is 0 Å². The van der Waals surface area contributed by atoms with Crippen LogP contribution in [0.2, 0.25) is 0 Å². The largest absolute Gasteiger partial charge is 0.308 e. The fourth-order valence-electron chi connectivity index (χ4n) is 1.95. The third-order valence-electron chi connectivity index (χ3n) is 3.42. The monoisotopic (exact) mass is 388 g/mol. The molecule has 12 heteroatoms. The van der Waals surface area contributed by atoms with E-state index >= 15 is 0 Å². The molecule has 0 amide bonds. The summed E-state index contributed by atoms with van der Waals surface area (Å²) >= 11 is 0. The summed E-state index contributed by atoms with van der Waals surface area (Å²) in [6, 6.07) is 0. The smallest absolute Gasteiger partial charge is 0.236 e. The van der Waals surface area contributed by atoms with E-state index in [-0.39, 0.29) is 0 Å². The number of hydrogen-bond donors (Lipinski definition) is 0. The molecule has 2 aromatic rings. The maximum atomic E-state index is 12.1. The second-order valence-corrected chi connectivity index (χ2v) is 9.56. The van der Waals surface area contributed by atoms with Gasteiger partial charge in [0.05, 0.1) is 11.4 Å². The minimum atomic E-state index is -3.68. The topological polar surface area (TPSA) is 110 Å². The van der Waals surface area contributed by atoms with Gasteiger partial charge < -0.3 is 0 Å². The predicted molar refractivity (Wildman–Crippen MR) is 93.2 cm³/mol. The van der Waals surface area contributed by atoms with Crippen LogP contribution in [0.25, 0.3) is 5.57 Å². The summed E-state index contributed by atoms with van der Waals surface area (Å²) in [6.45, 7) is 1.73. The highest BCUT2D eigenvalue weighted by atomic mass is 32.2. The molecule has 0 aliphatic rings. The van der Waals surface area contributed by atoms with Gasteiger partial charge >= 0.3 is 20.4 Å². The number of aromatic nitrogens is 4. The minimum Gasteiger partial charge on any atom is -0.236 e. The Morgan fingerprint density at radius 3 is 1.52 bits per heavy atom. The van der Waals surface area contributed by atoms with Gasteiger partial charge in [-0.15, -0.1) is 0 Å². The predicted octanol–water partition coefficient (Wildman–Crippen LogP) is -0.160. The highest BCUT2D eigenvalue weighted by molar-refractivity contribution is 7.87. The molecule has 0 aliphatic carbocycles. The van der Waals surface area contributed by atoms with Crippen molar-refractivity contribution in [2.24, 2.45) is 0 Å². The zero-order chi connectivity index (χ0) is 19.0. The van der Waals surface area contributed by atoms with E-state index < -0.39 is 20.4 Å². The first-order valence-corrected chi connectivity index (χ1v) is 9.92. The molecule has 2 heterocycles. The van der Waals surface area contributed by atoms with Crippen molar-refractivity contribution in [1.82, 2.24) is 26.5 Å². The third kappa shape index (κ3) is 3.51. The normalized spacial score (nSPS) is 12.8. The van der Waals surface area contributed by atoms with Crippen molar-refractivity contribution in [3.05, 3.63) is 42.5 Å². The lowest BCUT2D eigenvalue weighted by Gasteiger charge is -2.11. The summed E-state index contributed by atoms with van der Waals surface area (Å²) in [5.41, 5.74) is 1.24. The van der Waals surface area contributed by atoms with Crippen molar-refractivity contribution < 1.29 is 16.8 Å². The Morgan fingerprint density at radius 2 is 1.24 bits per heavy atom. The molecule has 0 saturated carbocycles. The van der Waals surface area contributed by atoms with E-state index in [1.165, 1.54) is 53.2 Å². The summed E-state index contributed by atoms with van der Waals surface area (Å²) < 4.78 is 52.6. The molecule has 10 nitrogen and oxygen atoms in total. The van der Waals surface area contributed by atoms with Gasteiger partial charge in [-0.2, -0.15) is 25.4 Å². The molecule has 0 N–H and O–H groups in total. The van der Waals surface area contributed by atoms with E-state index in [0.29, 0.717) is 17.0 Å². The second kappa shape index (κ2) is 6.71. The molecule has 0 unspecified atom stereocenters. The molecule has 0 saturated heterocycles. The summed E-state index contributed by atoms with van der Waals surface area (Å²) in [5, 5.41) is 0. The molecule has 0 aromatic carbocycles. The molecule has 0 spiro atoms. The Balaban J connectivity index is 2.44. The number of imidazole rings is 2. The van der Waals surface area contributed by atoms with Gasteiger partial charge in [-0.1, -0.05) is 6.08 Å². The van der Waals surface area contributed by atoms with Gasteiger partial charge in [0, 0.05) is 46.2 Å². The van der Waals surface area contributed by atoms with Crippen molar-refractivity contribution in [3.63, 3.8) is 0 Å². The van der Waals surface area contributed by atoms with Crippen LogP contribution in [0.3, 0.4) is 0 Å². The Bertz CT molecular complexity index is 921. The van der Waals surface area contributed by atoms with Crippen LogP contribution in [0.1, 0.15) is 18.3 Å². The first-order valence-electron chi connectivity index (χ1n) is 7.13. The lowest BCUT2D eigenvalue weighted by molar-refractivity contribution is 0.509. The maximum Gasteiger partial charge on any atom is 0.308 e. The first kappa shape index (κ1) is 19.3. The van der Waals surface area contributed by atoms with Crippen LogP contribution in [-0.4, -0.2) is 71.5 Å². The average Bonchev–Trinajstić information content (AvgIpc) is 3.18. The van der Waals surface area contributed by atoms with Gasteiger partial charge in [0.15, 0.2) is 0 Å². The van der Waals surface area contributed by atoms with Crippen LogP contribution in [0.15, 0.2) is 31.1 Å². The van der Waals surface area contributed by atoms with Crippen LogP contribution in [0, 0.1) is 0 Å². The number of allylic oxidation sites excluding steroid dienone is 1. The minimum absolute atomic E-state index is 0.362. The van der Waals surface area contributed by atoms with Crippen LogP contribution < -0.4 is 0 Å². The fraction of sp³-hybridized carbons (Fsp3) is 0.385. The second-order valence-electron chi connectivity index (χ2n) is 5.46. The summed E-state index contributed by atoms with van der Waals surface area (Å²) in [5.74, 6) is 0. The fourth-order valence-corrected chi connectivity index (χ4v) is 3.50. The molecular weight excluding hydrogens is 368 g/mol. The molecule has 0 atom stereocenters. The quantitative estimate of drug-likeness (QED) is 0.680. The lowest BCUT2D eigenvalue weighted by atomic mass is 10.1. The Morgan fingerprint density at radius 1 is 0.880 bits per heavy atom. The molecule has 2 rings (SSSR count). The van der Waals surface area contributed by atoms with E-state index in [9.17, 15) is 16.8 Å². The number of hydrogen-bond acceptors (Lipinski definition) is 6. The standard InChI is InChI=1S/C13H20N6O4S2/c1-6-11(12-7-18(9-14-12)24(20,21)16(2)3)13-8-19(10-15-13)25(22,23)17(4)5/h6-10H,1-5H3. The van der Waals surface area contributed by atoms with E-state index in [0.717, 1.165) is 16.6 Å². The molecule has 0 aliphatic heterocycles. The number of nitrogens with zero attached hydrogens (tertiary/aromatic N) is 6. The van der Waals surface area contributed by atoms with E-state index in [2.05, 4.69) is 9.97 Å². The van der Waals surface area contributed by atoms with Gasteiger partial charge in [0.1, 0.15) is 12.7 Å². The maximum absolute atomic E-state index is 12.1. The molecule has 0 fully saturated rings.